The summed E-state index contributed by atoms with van der Waals surface area (Å²) in [7, 11) is 1.56. The molecule has 4 rings (SSSR count). The van der Waals surface area contributed by atoms with Gasteiger partial charge < -0.3 is 29.1 Å². The lowest BCUT2D eigenvalue weighted by atomic mass is 9.66. The molecule has 3 saturated heterocycles. The topological polar surface area (TPSA) is 106 Å². The van der Waals surface area contributed by atoms with E-state index in [1.807, 2.05) is 6.92 Å². The van der Waals surface area contributed by atoms with E-state index in [1.54, 1.807) is 55.4 Å². The Morgan fingerprint density at radius 3 is 2.57 bits per heavy atom. The number of likely N-dealkylation sites (tertiary alicyclic amines) is 1. The number of hydrogen-bond acceptors (Lipinski definition) is 7. The minimum atomic E-state index is -1.21. The van der Waals surface area contributed by atoms with Crippen molar-refractivity contribution in [3.05, 3.63) is 49.6 Å². The number of rotatable bonds is 11. The minimum Gasteiger partial charge on any atom is -0.497 e. The van der Waals surface area contributed by atoms with E-state index in [1.165, 1.54) is 4.90 Å². The van der Waals surface area contributed by atoms with Crippen molar-refractivity contribution in [2.45, 2.75) is 56.4 Å². The molecule has 2 bridgehead atoms. The number of hydrogen-bond donors (Lipinski definition) is 1. The van der Waals surface area contributed by atoms with E-state index in [9.17, 15) is 19.5 Å². The van der Waals surface area contributed by atoms with Crippen LogP contribution in [0.5, 0.6) is 5.75 Å². The average Bonchev–Trinajstić information content (AvgIpc) is 3.47. The van der Waals surface area contributed by atoms with Crippen LogP contribution in [-0.2, 0) is 23.9 Å². The lowest BCUT2D eigenvalue weighted by Gasteiger charge is -2.38. The summed E-state index contributed by atoms with van der Waals surface area (Å²) in [6, 6.07) is 5.35. The molecule has 3 aliphatic rings. The third kappa shape index (κ3) is 4.24. The van der Waals surface area contributed by atoms with E-state index in [2.05, 4.69) is 13.2 Å². The lowest BCUT2D eigenvalue weighted by molar-refractivity contribution is -0.160. The summed E-state index contributed by atoms with van der Waals surface area (Å²) in [6.07, 6.45) is 4.70. The number of ether oxygens (including phenoxy) is 3. The zero-order valence-electron chi connectivity index (χ0n) is 21.7. The molecule has 3 fully saturated rings. The first-order valence-corrected chi connectivity index (χ1v) is 12.7. The third-order valence-electron chi connectivity index (χ3n) is 7.97. The van der Waals surface area contributed by atoms with E-state index in [0.717, 1.165) is 0 Å². The second kappa shape index (κ2) is 10.3. The number of methoxy groups -OCH3 is 1. The number of carbonyl (C=O) groups is 3. The fraction of sp³-hybridized carbons (Fsp3) is 0.536. The fourth-order valence-electron chi connectivity index (χ4n) is 6.26. The fourth-order valence-corrected chi connectivity index (χ4v) is 6.26. The Bertz CT molecular complexity index is 1070. The highest BCUT2D eigenvalue weighted by atomic mass is 16.6. The van der Waals surface area contributed by atoms with Gasteiger partial charge in [-0.1, -0.05) is 12.2 Å². The van der Waals surface area contributed by atoms with Crippen LogP contribution < -0.4 is 9.64 Å². The van der Waals surface area contributed by atoms with E-state index in [0.29, 0.717) is 30.7 Å². The molecule has 2 unspecified atom stereocenters. The molecule has 200 valence electrons. The van der Waals surface area contributed by atoms with E-state index < -0.39 is 41.1 Å². The van der Waals surface area contributed by atoms with Crippen LogP contribution >= 0.6 is 0 Å². The van der Waals surface area contributed by atoms with Gasteiger partial charge in [0.25, 0.3) is 5.91 Å². The van der Waals surface area contributed by atoms with Crippen LogP contribution in [0, 0.1) is 11.8 Å². The molecular formula is C28H36N2O7. The van der Waals surface area contributed by atoms with Crippen LogP contribution in [0.3, 0.4) is 0 Å². The Kier molecular flexibility index (Phi) is 7.48. The predicted octanol–water partition coefficient (Wildman–Crippen LogP) is 2.48. The second-order valence-electron chi connectivity index (χ2n) is 10.2. The Morgan fingerprint density at radius 2 is 1.97 bits per heavy atom. The summed E-state index contributed by atoms with van der Waals surface area (Å²) in [4.78, 5) is 44.6. The van der Waals surface area contributed by atoms with E-state index >= 15 is 0 Å². The SMILES string of the molecule is C=CCCOC(=O)[C@H]1[C@H]2C(=O)N([C@H](C)CO)C(C(=O)N(CC=C)c3ccc(OC)cc3)C23CC[C@]1(C)O3. The summed E-state index contributed by atoms with van der Waals surface area (Å²) in [5, 5.41) is 10.0. The number of aliphatic hydroxyl groups excluding tert-OH is 1. The van der Waals surface area contributed by atoms with Gasteiger partial charge in [-0.05, 0) is 57.4 Å². The molecule has 1 spiro atoms. The minimum absolute atomic E-state index is 0.159. The number of benzene rings is 1. The maximum Gasteiger partial charge on any atom is 0.312 e. The number of esters is 1. The summed E-state index contributed by atoms with van der Waals surface area (Å²) >= 11 is 0. The zero-order chi connectivity index (χ0) is 27.0. The largest absolute Gasteiger partial charge is 0.497 e. The van der Waals surface area contributed by atoms with Crippen molar-refractivity contribution in [3.63, 3.8) is 0 Å². The number of carbonyl (C=O) groups excluding carboxylic acids is 3. The number of nitrogens with zero attached hydrogens (tertiary/aromatic N) is 2. The Morgan fingerprint density at radius 1 is 1.27 bits per heavy atom. The van der Waals surface area contributed by atoms with Crippen molar-refractivity contribution >= 4 is 23.5 Å². The van der Waals surface area contributed by atoms with Crippen LogP contribution in [0.15, 0.2) is 49.6 Å². The molecule has 0 radical (unpaired) electrons. The molecule has 9 heteroatoms. The molecule has 9 nitrogen and oxygen atoms in total. The van der Waals surface area contributed by atoms with E-state index in [-0.39, 0.29) is 31.6 Å². The van der Waals surface area contributed by atoms with Crippen LogP contribution in [-0.4, -0.2) is 77.9 Å². The first kappa shape index (κ1) is 26.9. The summed E-state index contributed by atoms with van der Waals surface area (Å²) in [6.45, 7) is 11.0. The second-order valence-corrected chi connectivity index (χ2v) is 10.2. The first-order chi connectivity index (χ1) is 17.7. The summed E-state index contributed by atoms with van der Waals surface area (Å²) in [5.41, 5.74) is -1.53. The molecule has 1 N–H and O–H groups in total. The number of anilines is 1. The van der Waals surface area contributed by atoms with Gasteiger partial charge in [0.1, 0.15) is 23.3 Å². The van der Waals surface area contributed by atoms with Crippen molar-refractivity contribution < 1.29 is 33.7 Å². The monoisotopic (exact) mass is 512 g/mol. The van der Waals surface area contributed by atoms with Crippen molar-refractivity contribution in [1.29, 1.82) is 0 Å². The van der Waals surface area contributed by atoms with E-state index in [4.69, 9.17) is 14.2 Å². The quantitative estimate of drug-likeness (QED) is 0.276. The molecule has 0 saturated carbocycles. The number of aliphatic hydroxyl groups is 1. The maximum absolute atomic E-state index is 14.3. The molecular weight excluding hydrogens is 476 g/mol. The van der Waals surface area contributed by atoms with Gasteiger partial charge in [0.2, 0.25) is 5.91 Å². The van der Waals surface area contributed by atoms with Gasteiger partial charge in [-0.25, -0.2) is 0 Å². The maximum atomic E-state index is 14.3. The van der Waals surface area contributed by atoms with Crippen molar-refractivity contribution in [1.82, 2.24) is 4.90 Å². The molecule has 0 aromatic heterocycles. The third-order valence-corrected chi connectivity index (χ3v) is 7.97. The summed E-state index contributed by atoms with van der Waals surface area (Å²) < 4.78 is 17.3. The molecule has 1 aromatic carbocycles. The Hall–Kier alpha value is -3.17. The molecule has 37 heavy (non-hydrogen) atoms. The highest BCUT2D eigenvalue weighted by Crippen LogP contribution is 2.63. The molecule has 3 heterocycles. The van der Waals surface area contributed by atoms with Crippen molar-refractivity contribution in [2.24, 2.45) is 11.8 Å². The number of fused-ring (bicyclic) bond motifs is 1. The first-order valence-electron chi connectivity index (χ1n) is 12.7. The molecule has 1 aromatic rings. The van der Waals surface area contributed by atoms with Crippen LogP contribution in [0.1, 0.15) is 33.1 Å². The van der Waals surface area contributed by atoms with Gasteiger partial charge >= 0.3 is 5.97 Å². The molecule has 2 amide bonds. The lowest BCUT2D eigenvalue weighted by Crippen LogP contribution is -2.58. The standard InChI is InChI=1S/C28H36N2O7/c1-6-8-16-36-26(34)22-21-24(32)30(18(3)17-31)23(28(21)14-13-27(22,4)37-28)25(33)29(15-7-2)19-9-11-20(35-5)12-10-19/h6-7,9-12,18,21-23,31H,1-2,8,13-17H2,3-5H3/t18-,21+,22-,23?,27+,28?/m1/s1. The van der Waals surface area contributed by atoms with Crippen LogP contribution in [0.4, 0.5) is 5.69 Å². The van der Waals surface area contributed by atoms with Crippen molar-refractivity contribution in [3.8, 4) is 5.75 Å². The molecule has 6 atom stereocenters. The van der Waals surface area contributed by atoms with Crippen LogP contribution in [0.25, 0.3) is 0 Å². The normalized spacial score (nSPS) is 30.5. The Labute approximate surface area is 217 Å². The molecule has 3 aliphatic heterocycles. The van der Waals surface area contributed by atoms with Crippen LogP contribution in [0.2, 0.25) is 0 Å². The highest BCUT2D eigenvalue weighted by molar-refractivity contribution is 6.05. The predicted molar refractivity (Wildman–Crippen MR) is 137 cm³/mol. The summed E-state index contributed by atoms with van der Waals surface area (Å²) in [5.74, 6) is -2.32. The molecule has 0 aliphatic carbocycles. The van der Waals surface area contributed by atoms with Gasteiger partial charge in [0, 0.05) is 12.2 Å². The van der Waals surface area contributed by atoms with Gasteiger partial charge in [-0.3, -0.25) is 14.4 Å². The van der Waals surface area contributed by atoms with Gasteiger partial charge in [-0.2, -0.15) is 0 Å². The van der Waals surface area contributed by atoms with Gasteiger partial charge in [0.15, 0.2) is 0 Å². The highest BCUT2D eigenvalue weighted by Gasteiger charge is 2.79. The smallest absolute Gasteiger partial charge is 0.312 e. The average molecular weight is 513 g/mol. The van der Waals surface area contributed by atoms with Gasteiger partial charge in [0.05, 0.1) is 37.9 Å². The van der Waals surface area contributed by atoms with Crippen molar-refractivity contribution in [2.75, 3.05) is 31.8 Å². The number of amides is 2. The van der Waals surface area contributed by atoms with Gasteiger partial charge in [-0.15, -0.1) is 13.2 Å². The Balaban J connectivity index is 1.77. The zero-order valence-corrected chi connectivity index (χ0v) is 21.7.